The second-order valence-corrected chi connectivity index (χ2v) is 8.17. The van der Waals surface area contributed by atoms with E-state index >= 15 is 0 Å². The maximum absolute atomic E-state index is 11.7. The van der Waals surface area contributed by atoms with E-state index in [-0.39, 0.29) is 5.63 Å². The van der Waals surface area contributed by atoms with Crippen LogP contribution in [0.15, 0.2) is 27.4 Å². The average molecular weight is 390 g/mol. The lowest BCUT2D eigenvalue weighted by Crippen LogP contribution is -2.50. The van der Waals surface area contributed by atoms with E-state index in [9.17, 15) is 4.79 Å². The van der Waals surface area contributed by atoms with Crippen molar-refractivity contribution in [3.05, 3.63) is 34.2 Å². The van der Waals surface area contributed by atoms with Crippen LogP contribution in [0.25, 0.3) is 11.0 Å². The van der Waals surface area contributed by atoms with E-state index in [1.807, 2.05) is 40.7 Å². The van der Waals surface area contributed by atoms with Crippen molar-refractivity contribution in [3.63, 3.8) is 0 Å². The summed E-state index contributed by atoms with van der Waals surface area (Å²) in [5.41, 5.74) is 0.129. The minimum absolute atomic E-state index is 0.373. The third-order valence-electron chi connectivity index (χ3n) is 5.48. The number of benzene rings is 1. The molecule has 0 aliphatic carbocycles. The first kappa shape index (κ1) is 20.7. The Hall–Kier alpha value is -2.05. The lowest BCUT2D eigenvalue weighted by atomic mass is 9.89. The van der Waals surface area contributed by atoms with E-state index in [1.165, 1.54) is 6.07 Å². The summed E-state index contributed by atoms with van der Waals surface area (Å²) in [7, 11) is 0. The van der Waals surface area contributed by atoms with Crippen LogP contribution in [-0.4, -0.2) is 37.6 Å². The predicted molar refractivity (Wildman–Crippen MR) is 108 cm³/mol. The summed E-state index contributed by atoms with van der Waals surface area (Å²) in [5, 5.41) is 0.838. The van der Waals surface area contributed by atoms with E-state index in [4.69, 9.17) is 23.4 Å². The number of hydrogen-bond donors (Lipinski definition) is 0. The molecule has 0 spiro atoms. The summed E-state index contributed by atoms with van der Waals surface area (Å²) in [6, 6.07) is 5.09. The molecule has 0 bridgehead atoms. The molecule has 1 aromatic heterocycles. The molecule has 0 radical (unpaired) electrons. The summed E-state index contributed by atoms with van der Waals surface area (Å²) in [6.07, 6.45) is 1.45. The molecule has 0 amide bonds. The van der Waals surface area contributed by atoms with Crippen molar-refractivity contribution in [1.29, 1.82) is 0 Å². The number of hydrogen-bond acceptors (Lipinski definition) is 6. The van der Waals surface area contributed by atoms with Crippen molar-refractivity contribution in [2.75, 3.05) is 26.4 Å². The van der Waals surface area contributed by atoms with Gasteiger partial charge < -0.3 is 23.4 Å². The quantitative estimate of drug-likeness (QED) is 0.627. The lowest BCUT2D eigenvalue weighted by Gasteiger charge is -2.41. The molecule has 0 fully saturated rings. The Kier molecular flexibility index (Phi) is 6.01. The van der Waals surface area contributed by atoms with Crippen molar-refractivity contribution in [1.82, 2.24) is 0 Å². The predicted octanol–water partition coefficient (Wildman–Crippen LogP) is 4.24. The monoisotopic (exact) mass is 390 g/mol. The molecule has 2 aromatic rings. The van der Waals surface area contributed by atoms with Crippen LogP contribution in [0.3, 0.4) is 0 Å². The molecule has 0 unspecified atom stereocenters. The van der Waals surface area contributed by atoms with Gasteiger partial charge >= 0.3 is 5.63 Å². The van der Waals surface area contributed by atoms with Crippen LogP contribution in [0.5, 0.6) is 11.5 Å². The van der Waals surface area contributed by atoms with Crippen molar-refractivity contribution in [2.24, 2.45) is 0 Å². The summed E-state index contributed by atoms with van der Waals surface area (Å²) in [4.78, 5) is 11.7. The highest BCUT2D eigenvalue weighted by molar-refractivity contribution is 5.83. The lowest BCUT2D eigenvalue weighted by molar-refractivity contribution is -0.178. The highest BCUT2D eigenvalue weighted by atomic mass is 16.6. The van der Waals surface area contributed by atoms with E-state index in [1.54, 1.807) is 6.07 Å². The van der Waals surface area contributed by atoms with Crippen molar-refractivity contribution in [3.8, 4) is 11.5 Å². The van der Waals surface area contributed by atoms with Crippen LogP contribution in [0.4, 0.5) is 0 Å². The molecular weight excluding hydrogens is 360 g/mol. The molecule has 1 aliphatic heterocycles. The van der Waals surface area contributed by atoms with Gasteiger partial charge in [-0.3, -0.25) is 0 Å². The topological polar surface area (TPSA) is 67.1 Å². The largest absolute Gasteiger partial charge is 0.490 e. The third-order valence-corrected chi connectivity index (χ3v) is 5.48. The van der Waals surface area contributed by atoms with Crippen LogP contribution in [0, 0.1) is 6.92 Å². The molecule has 3 rings (SSSR count). The van der Waals surface area contributed by atoms with Gasteiger partial charge in [0, 0.05) is 30.4 Å². The molecule has 28 heavy (non-hydrogen) atoms. The molecule has 2 heterocycles. The molecular formula is C22H30O6. The number of aryl methyl sites for hydroxylation is 1. The van der Waals surface area contributed by atoms with Crippen molar-refractivity contribution in [2.45, 2.75) is 58.7 Å². The first-order valence-corrected chi connectivity index (χ1v) is 9.82. The number of fused-ring (bicyclic) bond motifs is 2. The molecule has 6 heteroatoms. The number of ether oxygens (including phenoxy) is 4. The van der Waals surface area contributed by atoms with Gasteiger partial charge in [-0.15, -0.1) is 0 Å². The zero-order valence-corrected chi connectivity index (χ0v) is 17.4. The van der Waals surface area contributed by atoms with E-state index in [2.05, 4.69) is 0 Å². The van der Waals surface area contributed by atoms with Gasteiger partial charge in [0.1, 0.15) is 5.58 Å². The molecule has 1 aromatic carbocycles. The highest BCUT2D eigenvalue weighted by Gasteiger charge is 2.39. The fourth-order valence-electron chi connectivity index (χ4n) is 3.04. The SMILES string of the molecule is Cc1cc(=O)oc2cc3c(cc12)OCCCOC(C)(C)C(C)(C)OCCCO3. The van der Waals surface area contributed by atoms with Crippen molar-refractivity contribution >= 4 is 11.0 Å². The van der Waals surface area contributed by atoms with Crippen LogP contribution >= 0.6 is 0 Å². The van der Waals surface area contributed by atoms with Gasteiger partial charge in [-0.05, 0) is 46.2 Å². The van der Waals surface area contributed by atoms with Gasteiger partial charge in [-0.1, -0.05) is 0 Å². The van der Waals surface area contributed by atoms with Crippen molar-refractivity contribution < 1.29 is 23.4 Å². The van der Waals surface area contributed by atoms with Crippen LogP contribution in [0.1, 0.15) is 46.1 Å². The van der Waals surface area contributed by atoms with Gasteiger partial charge in [0.25, 0.3) is 0 Å². The highest BCUT2D eigenvalue weighted by Crippen LogP contribution is 2.34. The van der Waals surface area contributed by atoms with Crippen LogP contribution in [0.2, 0.25) is 0 Å². The Morgan fingerprint density at radius 3 is 1.89 bits per heavy atom. The van der Waals surface area contributed by atoms with E-state index < -0.39 is 11.2 Å². The first-order chi connectivity index (χ1) is 13.2. The third kappa shape index (κ3) is 4.50. The second kappa shape index (κ2) is 8.13. The molecule has 0 saturated carbocycles. The zero-order chi connectivity index (χ0) is 20.4. The first-order valence-electron chi connectivity index (χ1n) is 9.82. The smallest absolute Gasteiger partial charge is 0.336 e. The van der Waals surface area contributed by atoms with E-state index in [0.29, 0.717) is 43.5 Å². The van der Waals surface area contributed by atoms with Crippen LogP contribution in [-0.2, 0) is 9.47 Å². The zero-order valence-electron chi connectivity index (χ0n) is 17.4. The molecule has 0 N–H and O–H groups in total. The normalized spacial score (nSPS) is 20.5. The minimum Gasteiger partial charge on any atom is -0.490 e. The Labute approximate surface area is 165 Å². The van der Waals surface area contributed by atoms with Crippen LogP contribution < -0.4 is 15.1 Å². The Morgan fingerprint density at radius 2 is 1.32 bits per heavy atom. The molecule has 0 atom stereocenters. The van der Waals surface area contributed by atoms with Gasteiger partial charge in [-0.2, -0.15) is 0 Å². The second-order valence-electron chi connectivity index (χ2n) is 8.17. The summed E-state index contributed by atoms with van der Waals surface area (Å²) >= 11 is 0. The minimum atomic E-state index is -0.424. The summed E-state index contributed by atoms with van der Waals surface area (Å²) in [6.45, 7) is 12.1. The van der Waals surface area contributed by atoms with Gasteiger partial charge in [0.05, 0.1) is 37.6 Å². The summed E-state index contributed by atoms with van der Waals surface area (Å²) in [5.74, 6) is 1.21. The molecule has 1 aliphatic rings. The van der Waals surface area contributed by atoms with Gasteiger partial charge in [0.15, 0.2) is 11.5 Å². The molecule has 6 nitrogen and oxygen atoms in total. The Balaban J connectivity index is 1.85. The molecule has 0 saturated heterocycles. The average Bonchev–Trinajstić information content (AvgIpc) is 2.60. The maximum atomic E-state index is 11.7. The fraction of sp³-hybridized carbons (Fsp3) is 0.591. The Morgan fingerprint density at radius 1 is 0.786 bits per heavy atom. The fourth-order valence-corrected chi connectivity index (χ4v) is 3.04. The maximum Gasteiger partial charge on any atom is 0.336 e. The molecule has 154 valence electrons. The van der Waals surface area contributed by atoms with Gasteiger partial charge in [-0.25, -0.2) is 4.79 Å². The summed E-state index contributed by atoms with van der Waals surface area (Å²) < 4.78 is 29.4. The van der Waals surface area contributed by atoms with E-state index in [0.717, 1.165) is 23.8 Å². The standard InChI is InChI=1S/C22H30O6/c1-15-12-20(23)28-17-14-19-18(13-16(15)17)24-8-6-10-26-21(2,3)22(4,5)27-11-7-9-25-19/h12-14H,6-11H2,1-5H3. The van der Waals surface area contributed by atoms with Gasteiger partial charge in [0.2, 0.25) is 0 Å². The Bertz CT molecular complexity index is 880. The number of rotatable bonds is 0.